The van der Waals surface area contributed by atoms with Crippen LogP contribution in [0, 0.1) is 0 Å². The van der Waals surface area contributed by atoms with Crippen molar-refractivity contribution in [1.82, 2.24) is 9.55 Å². The Morgan fingerprint density at radius 1 is 1.40 bits per heavy atom. The monoisotopic (exact) mass is 222 g/mol. The molecule has 4 heteroatoms. The van der Waals surface area contributed by atoms with E-state index in [2.05, 4.69) is 4.98 Å². The summed E-state index contributed by atoms with van der Waals surface area (Å²) < 4.78 is 1.79. The molecule has 1 aromatic carbocycles. The minimum absolute atomic E-state index is 0.0457. The van der Waals surface area contributed by atoms with Crippen molar-refractivity contribution in [3.8, 4) is 11.3 Å². The summed E-state index contributed by atoms with van der Waals surface area (Å²) in [6.07, 6.45) is 3.57. The van der Waals surface area contributed by atoms with Crippen LogP contribution in [0.5, 0.6) is 0 Å². The molecule has 0 atom stereocenters. The third kappa shape index (κ3) is 2.19. The van der Waals surface area contributed by atoms with Crippen LogP contribution < -0.4 is 0 Å². The summed E-state index contributed by atoms with van der Waals surface area (Å²) in [5.41, 5.74) is 2.74. The molecule has 2 aromatic rings. The van der Waals surface area contributed by atoms with E-state index in [0.717, 1.165) is 16.8 Å². The van der Waals surface area contributed by atoms with Gasteiger partial charge in [0.2, 0.25) is 0 Å². The van der Waals surface area contributed by atoms with Gasteiger partial charge in [0.15, 0.2) is 0 Å². The molecule has 0 aliphatic heterocycles. The lowest BCUT2D eigenvalue weighted by Gasteiger charge is -1.99. The van der Waals surface area contributed by atoms with Gasteiger partial charge in [0.05, 0.1) is 24.6 Å². The van der Waals surface area contributed by atoms with E-state index in [-0.39, 0.29) is 6.61 Å². The molecule has 0 aliphatic carbocycles. The zero-order valence-electron chi connectivity index (χ0n) is 8.10. The number of aromatic nitrogens is 2. The minimum Gasteiger partial charge on any atom is -0.392 e. The quantitative estimate of drug-likeness (QED) is 0.809. The van der Waals surface area contributed by atoms with Gasteiger partial charge >= 0.3 is 0 Å². The summed E-state index contributed by atoms with van der Waals surface area (Å²) in [4.78, 5) is 4.23. The van der Waals surface area contributed by atoms with Crippen molar-refractivity contribution < 1.29 is 5.11 Å². The minimum atomic E-state index is 0.0457. The lowest BCUT2D eigenvalue weighted by Crippen LogP contribution is -1.85. The van der Waals surface area contributed by atoms with Crippen LogP contribution in [-0.4, -0.2) is 14.7 Å². The van der Waals surface area contributed by atoms with Crippen LogP contribution in [0.2, 0.25) is 0 Å². The third-order valence-corrected chi connectivity index (χ3v) is 2.45. The van der Waals surface area contributed by atoms with Crippen molar-refractivity contribution in [2.24, 2.45) is 0 Å². The van der Waals surface area contributed by atoms with E-state index >= 15 is 0 Å². The second-order valence-corrected chi connectivity index (χ2v) is 3.49. The molecule has 1 N–H and O–H groups in total. The molecule has 78 valence electrons. The highest BCUT2D eigenvalue weighted by Gasteiger charge is 2.02. The molecule has 0 aliphatic rings. The highest BCUT2D eigenvalue weighted by atomic mass is 35.5. The van der Waals surface area contributed by atoms with E-state index in [9.17, 15) is 0 Å². The van der Waals surface area contributed by atoms with Gasteiger partial charge in [-0.1, -0.05) is 18.2 Å². The number of rotatable bonds is 3. The van der Waals surface area contributed by atoms with E-state index in [0.29, 0.717) is 6.00 Å². The molecule has 0 spiro atoms. The average Bonchev–Trinajstić information content (AvgIpc) is 2.78. The SMILES string of the molecule is OCc1cccc(-c2cn(CCl)cn2)c1. The first kappa shape index (κ1) is 10.2. The highest BCUT2D eigenvalue weighted by molar-refractivity contribution is 6.15. The van der Waals surface area contributed by atoms with Crippen molar-refractivity contribution in [3.05, 3.63) is 42.4 Å². The topological polar surface area (TPSA) is 38.0 Å². The van der Waals surface area contributed by atoms with Gasteiger partial charge in [0.25, 0.3) is 0 Å². The van der Waals surface area contributed by atoms with Gasteiger partial charge in [-0.15, -0.1) is 11.6 Å². The number of halogens is 1. The fraction of sp³-hybridized carbons (Fsp3) is 0.182. The van der Waals surface area contributed by atoms with Crippen molar-refractivity contribution in [2.45, 2.75) is 12.6 Å². The fourth-order valence-electron chi connectivity index (χ4n) is 1.40. The lowest BCUT2D eigenvalue weighted by atomic mass is 10.1. The largest absolute Gasteiger partial charge is 0.392 e. The third-order valence-electron chi connectivity index (χ3n) is 2.18. The van der Waals surface area contributed by atoms with Crippen molar-refractivity contribution in [3.63, 3.8) is 0 Å². The van der Waals surface area contributed by atoms with E-state index in [1.165, 1.54) is 0 Å². The summed E-state index contributed by atoms with van der Waals surface area (Å²) >= 11 is 5.67. The maximum Gasteiger partial charge on any atom is 0.0981 e. The Morgan fingerprint density at radius 3 is 2.93 bits per heavy atom. The number of aliphatic hydroxyl groups is 1. The van der Waals surface area contributed by atoms with Gasteiger partial charge in [-0.2, -0.15) is 0 Å². The Bertz CT molecular complexity index is 453. The van der Waals surface area contributed by atoms with Gasteiger partial charge in [0.1, 0.15) is 0 Å². The molecule has 1 heterocycles. The van der Waals surface area contributed by atoms with Crippen LogP contribution in [0.15, 0.2) is 36.8 Å². The molecule has 0 unspecified atom stereocenters. The molecule has 0 saturated heterocycles. The van der Waals surface area contributed by atoms with Crippen LogP contribution in [0.1, 0.15) is 5.56 Å². The molecule has 15 heavy (non-hydrogen) atoms. The molecule has 0 fully saturated rings. The van der Waals surface area contributed by atoms with Crippen molar-refractivity contribution >= 4 is 11.6 Å². The van der Waals surface area contributed by atoms with Crippen molar-refractivity contribution in [1.29, 1.82) is 0 Å². The van der Waals surface area contributed by atoms with Crippen LogP contribution in [0.3, 0.4) is 0 Å². The molecule has 0 bridgehead atoms. The Balaban J connectivity index is 2.35. The second kappa shape index (κ2) is 4.47. The number of imidazole rings is 1. The average molecular weight is 223 g/mol. The van der Waals surface area contributed by atoms with Gasteiger partial charge in [-0.3, -0.25) is 0 Å². The number of aliphatic hydroxyl groups excluding tert-OH is 1. The van der Waals surface area contributed by atoms with E-state index < -0.39 is 0 Å². The molecule has 1 aromatic heterocycles. The summed E-state index contributed by atoms with van der Waals surface area (Å²) in [7, 11) is 0. The summed E-state index contributed by atoms with van der Waals surface area (Å²) in [5.74, 6) is 0. The number of nitrogens with zero attached hydrogens (tertiary/aromatic N) is 2. The maximum absolute atomic E-state index is 9.01. The van der Waals surface area contributed by atoms with Crippen LogP contribution in [0.25, 0.3) is 11.3 Å². The Morgan fingerprint density at radius 2 is 2.27 bits per heavy atom. The Hall–Kier alpha value is -1.32. The standard InChI is InChI=1S/C11H11ClN2O/c12-7-14-5-11(13-8-14)10-3-1-2-9(4-10)6-15/h1-5,8,15H,6-7H2. The van der Waals surface area contributed by atoms with Gasteiger partial charge in [0, 0.05) is 11.8 Å². The maximum atomic E-state index is 9.01. The fourth-order valence-corrected chi connectivity index (χ4v) is 1.53. The van der Waals surface area contributed by atoms with Gasteiger partial charge < -0.3 is 9.67 Å². The second-order valence-electron chi connectivity index (χ2n) is 3.25. The van der Waals surface area contributed by atoms with Crippen molar-refractivity contribution in [2.75, 3.05) is 0 Å². The Labute approximate surface area is 93.0 Å². The molecule has 0 radical (unpaired) electrons. The van der Waals surface area contributed by atoms with Gasteiger partial charge in [-0.05, 0) is 11.6 Å². The molecule has 0 saturated carbocycles. The first-order chi connectivity index (χ1) is 7.33. The van der Waals surface area contributed by atoms with Gasteiger partial charge in [-0.25, -0.2) is 4.98 Å². The van der Waals surface area contributed by atoms with Crippen LogP contribution in [-0.2, 0) is 12.6 Å². The number of alkyl halides is 1. The first-order valence-corrected chi connectivity index (χ1v) is 5.15. The molecule has 0 amide bonds. The number of benzene rings is 1. The normalized spacial score (nSPS) is 10.5. The summed E-state index contributed by atoms with van der Waals surface area (Å²) in [6, 6.07) is 8.05. The molecule has 2 rings (SSSR count). The smallest absolute Gasteiger partial charge is 0.0981 e. The first-order valence-electron chi connectivity index (χ1n) is 4.61. The molecular weight excluding hydrogens is 212 g/mol. The predicted octanol–water partition coefficient (Wildman–Crippen LogP) is 2.24. The van der Waals surface area contributed by atoms with E-state index in [1.807, 2.05) is 30.5 Å². The van der Waals surface area contributed by atoms with E-state index in [1.54, 1.807) is 10.9 Å². The predicted molar refractivity (Wildman–Crippen MR) is 59.4 cm³/mol. The molecular formula is C11H11ClN2O. The number of hydrogen-bond acceptors (Lipinski definition) is 2. The van der Waals surface area contributed by atoms with Crippen LogP contribution in [0.4, 0.5) is 0 Å². The van der Waals surface area contributed by atoms with E-state index in [4.69, 9.17) is 16.7 Å². The summed E-state index contributed by atoms with van der Waals surface area (Å²) in [5, 5.41) is 9.01. The summed E-state index contributed by atoms with van der Waals surface area (Å²) in [6.45, 7) is 0.0457. The lowest BCUT2D eigenvalue weighted by molar-refractivity contribution is 0.282. The zero-order valence-corrected chi connectivity index (χ0v) is 8.85. The Kier molecular flexibility index (Phi) is 3.04. The number of hydrogen-bond donors (Lipinski definition) is 1. The zero-order chi connectivity index (χ0) is 10.7. The highest BCUT2D eigenvalue weighted by Crippen LogP contribution is 2.18. The molecule has 3 nitrogen and oxygen atoms in total. The van der Waals surface area contributed by atoms with Crippen LogP contribution >= 0.6 is 11.6 Å².